The predicted molar refractivity (Wildman–Crippen MR) is 108 cm³/mol. The van der Waals surface area contributed by atoms with Gasteiger partial charge in [-0.1, -0.05) is 58.8 Å². The molecule has 0 atom stereocenters. The number of piperazine rings is 1. The summed E-state index contributed by atoms with van der Waals surface area (Å²) in [5, 5.41) is 1.68. The number of halogens is 1. The molecule has 134 valence electrons. The van der Waals surface area contributed by atoms with Crippen LogP contribution in [0.3, 0.4) is 0 Å². The Kier molecular flexibility index (Phi) is 4.83. The summed E-state index contributed by atoms with van der Waals surface area (Å²) >= 11 is 7.89. The average Bonchev–Trinajstić information content (AvgIpc) is 3.09. The van der Waals surface area contributed by atoms with Crippen LogP contribution in [0.1, 0.15) is 11.1 Å². The number of aromatic nitrogens is 1. The number of fused-ring (bicyclic) bond motifs is 1. The summed E-state index contributed by atoms with van der Waals surface area (Å²) in [7, 11) is 0. The fourth-order valence-corrected chi connectivity index (χ4v) is 4.49. The van der Waals surface area contributed by atoms with Gasteiger partial charge in [0.05, 0.1) is 16.1 Å². The first-order valence-corrected chi connectivity index (χ1v) is 9.93. The lowest BCUT2D eigenvalue weighted by molar-refractivity contribution is -0.130. The number of carbonyl (C=O) groups is 1. The lowest BCUT2D eigenvalue weighted by Crippen LogP contribution is -2.49. The Morgan fingerprint density at radius 2 is 1.85 bits per heavy atom. The summed E-state index contributed by atoms with van der Waals surface area (Å²) in [5.74, 6) is 0.195. The first kappa shape index (κ1) is 17.3. The highest BCUT2D eigenvalue weighted by Gasteiger charge is 2.23. The van der Waals surface area contributed by atoms with Gasteiger partial charge in [-0.2, -0.15) is 0 Å². The maximum Gasteiger partial charge on any atom is 0.227 e. The Morgan fingerprint density at radius 3 is 2.54 bits per heavy atom. The second-order valence-corrected chi connectivity index (χ2v) is 8.03. The smallest absolute Gasteiger partial charge is 0.227 e. The molecular weight excluding hydrogens is 366 g/mol. The molecule has 1 amide bonds. The van der Waals surface area contributed by atoms with Gasteiger partial charge in [-0.3, -0.25) is 4.79 Å². The molecule has 6 heteroatoms. The highest BCUT2D eigenvalue weighted by Crippen LogP contribution is 2.33. The summed E-state index contributed by atoms with van der Waals surface area (Å²) in [6.45, 7) is 5.12. The van der Waals surface area contributed by atoms with Crippen LogP contribution in [0.5, 0.6) is 0 Å². The van der Waals surface area contributed by atoms with E-state index in [4.69, 9.17) is 16.6 Å². The van der Waals surface area contributed by atoms with Crippen molar-refractivity contribution in [1.82, 2.24) is 9.88 Å². The Bertz CT molecular complexity index is 930. The van der Waals surface area contributed by atoms with Gasteiger partial charge in [0.15, 0.2) is 5.13 Å². The molecule has 4 rings (SSSR count). The molecule has 0 aliphatic carbocycles. The number of aryl methyl sites for hydroxylation is 1. The van der Waals surface area contributed by atoms with Crippen molar-refractivity contribution in [2.75, 3.05) is 31.1 Å². The summed E-state index contributed by atoms with van der Waals surface area (Å²) in [6, 6.07) is 14.0. The molecule has 1 saturated heterocycles. The zero-order chi connectivity index (χ0) is 18.1. The third kappa shape index (κ3) is 3.55. The average molecular weight is 386 g/mol. The van der Waals surface area contributed by atoms with Crippen LogP contribution in [-0.2, 0) is 11.2 Å². The molecule has 4 nitrogen and oxygen atoms in total. The van der Waals surface area contributed by atoms with Crippen LogP contribution < -0.4 is 4.90 Å². The molecule has 1 aromatic heterocycles. The van der Waals surface area contributed by atoms with E-state index in [1.54, 1.807) is 11.3 Å². The third-order valence-electron chi connectivity index (χ3n) is 4.74. The summed E-state index contributed by atoms with van der Waals surface area (Å²) in [4.78, 5) is 21.5. The molecule has 0 unspecified atom stereocenters. The summed E-state index contributed by atoms with van der Waals surface area (Å²) in [6.07, 6.45) is 0.469. The first-order valence-electron chi connectivity index (χ1n) is 8.73. The SMILES string of the molecule is Cc1ccc(CC(=O)N2CCN(c3nc4c(Cl)cccc4s3)CC2)cc1. The van der Waals surface area contributed by atoms with E-state index in [9.17, 15) is 4.79 Å². The van der Waals surface area contributed by atoms with Crippen LogP contribution in [-0.4, -0.2) is 42.0 Å². The molecule has 2 heterocycles. The van der Waals surface area contributed by atoms with Gasteiger partial charge >= 0.3 is 0 Å². The van der Waals surface area contributed by atoms with Gasteiger partial charge in [-0.15, -0.1) is 0 Å². The lowest BCUT2D eigenvalue weighted by atomic mass is 10.1. The van der Waals surface area contributed by atoms with E-state index >= 15 is 0 Å². The monoisotopic (exact) mass is 385 g/mol. The van der Waals surface area contributed by atoms with E-state index in [0.29, 0.717) is 11.4 Å². The Balaban J connectivity index is 1.39. The maximum atomic E-state index is 12.6. The third-order valence-corrected chi connectivity index (χ3v) is 6.12. The molecule has 26 heavy (non-hydrogen) atoms. The maximum absolute atomic E-state index is 12.6. The van der Waals surface area contributed by atoms with Crippen molar-refractivity contribution >= 4 is 44.2 Å². The van der Waals surface area contributed by atoms with Crippen LogP contribution >= 0.6 is 22.9 Å². The molecule has 0 radical (unpaired) electrons. The van der Waals surface area contributed by atoms with Gasteiger partial charge in [0.25, 0.3) is 0 Å². The Labute approximate surface area is 162 Å². The van der Waals surface area contributed by atoms with Crippen LogP contribution in [0.25, 0.3) is 10.2 Å². The lowest BCUT2D eigenvalue weighted by Gasteiger charge is -2.34. The number of hydrogen-bond acceptors (Lipinski definition) is 4. The standard InChI is InChI=1S/C20H20ClN3OS/c1-14-5-7-15(8-6-14)13-18(25)23-9-11-24(12-10-23)20-22-19-16(21)3-2-4-17(19)26-20/h2-8H,9-13H2,1H3. The van der Waals surface area contributed by atoms with Crippen molar-refractivity contribution in [1.29, 1.82) is 0 Å². The van der Waals surface area contributed by atoms with Crippen molar-refractivity contribution in [2.24, 2.45) is 0 Å². The van der Waals surface area contributed by atoms with Gasteiger partial charge in [0.1, 0.15) is 5.52 Å². The number of anilines is 1. The van der Waals surface area contributed by atoms with E-state index in [-0.39, 0.29) is 5.91 Å². The number of nitrogens with zero attached hydrogens (tertiary/aromatic N) is 3. The zero-order valence-electron chi connectivity index (χ0n) is 14.6. The van der Waals surface area contributed by atoms with E-state index in [1.807, 2.05) is 35.2 Å². The Hall–Kier alpha value is -2.11. The minimum absolute atomic E-state index is 0.195. The molecule has 1 aliphatic heterocycles. The predicted octanol–water partition coefficient (Wildman–Crippen LogP) is 4.15. The quantitative estimate of drug-likeness (QED) is 0.679. The van der Waals surface area contributed by atoms with E-state index < -0.39 is 0 Å². The second-order valence-electron chi connectivity index (χ2n) is 6.61. The number of thiazole rings is 1. The summed E-state index contributed by atoms with van der Waals surface area (Å²) < 4.78 is 1.10. The van der Waals surface area contributed by atoms with Crippen molar-refractivity contribution < 1.29 is 4.79 Å². The van der Waals surface area contributed by atoms with Gasteiger partial charge in [-0.25, -0.2) is 4.98 Å². The molecule has 1 aliphatic rings. The van der Waals surface area contributed by atoms with E-state index in [0.717, 1.165) is 47.1 Å². The number of carbonyl (C=O) groups excluding carboxylic acids is 1. The highest BCUT2D eigenvalue weighted by molar-refractivity contribution is 7.22. The number of benzene rings is 2. The molecule has 0 N–H and O–H groups in total. The molecule has 0 saturated carbocycles. The molecule has 1 fully saturated rings. The highest BCUT2D eigenvalue weighted by atomic mass is 35.5. The number of rotatable bonds is 3. The van der Waals surface area contributed by atoms with Gasteiger partial charge in [0, 0.05) is 26.2 Å². The normalized spacial score (nSPS) is 14.8. The molecular formula is C20H20ClN3OS. The van der Waals surface area contributed by atoms with Crippen LogP contribution in [0, 0.1) is 6.92 Å². The number of hydrogen-bond donors (Lipinski definition) is 0. The fraction of sp³-hybridized carbons (Fsp3) is 0.300. The van der Waals surface area contributed by atoms with Crippen molar-refractivity contribution in [3.8, 4) is 0 Å². The second kappa shape index (κ2) is 7.25. The van der Waals surface area contributed by atoms with Crippen LogP contribution in [0.4, 0.5) is 5.13 Å². The Morgan fingerprint density at radius 1 is 1.12 bits per heavy atom. The van der Waals surface area contributed by atoms with Crippen molar-refractivity contribution in [3.05, 3.63) is 58.6 Å². The minimum atomic E-state index is 0.195. The van der Waals surface area contributed by atoms with E-state index in [2.05, 4.69) is 24.0 Å². The molecule has 2 aromatic carbocycles. The summed E-state index contributed by atoms with van der Waals surface area (Å²) in [5.41, 5.74) is 3.15. The number of amides is 1. The van der Waals surface area contributed by atoms with Crippen molar-refractivity contribution in [2.45, 2.75) is 13.3 Å². The van der Waals surface area contributed by atoms with Crippen LogP contribution in [0.2, 0.25) is 5.02 Å². The topological polar surface area (TPSA) is 36.4 Å². The largest absolute Gasteiger partial charge is 0.345 e. The first-order chi connectivity index (χ1) is 12.6. The fourth-order valence-electron chi connectivity index (χ4n) is 3.18. The zero-order valence-corrected chi connectivity index (χ0v) is 16.2. The van der Waals surface area contributed by atoms with Gasteiger partial charge < -0.3 is 9.80 Å². The van der Waals surface area contributed by atoms with Crippen LogP contribution in [0.15, 0.2) is 42.5 Å². The molecule has 0 bridgehead atoms. The van der Waals surface area contributed by atoms with Gasteiger partial charge in [0.2, 0.25) is 5.91 Å². The van der Waals surface area contributed by atoms with Gasteiger partial charge in [-0.05, 0) is 24.6 Å². The molecule has 3 aromatic rings. The molecule has 0 spiro atoms. The van der Waals surface area contributed by atoms with Crippen molar-refractivity contribution in [3.63, 3.8) is 0 Å². The minimum Gasteiger partial charge on any atom is -0.345 e. The number of para-hydroxylation sites is 1. The van der Waals surface area contributed by atoms with E-state index in [1.165, 1.54) is 5.56 Å².